The predicted octanol–water partition coefficient (Wildman–Crippen LogP) is 1.25. The molecule has 0 amide bonds. The molecular formula is C10H15NO2. The van der Waals surface area contributed by atoms with Gasteiger partial charge in [-0.25, -0.2) is 0 Å². The molecule has 3 heteroatoms. The Balaban J connectivity index is 2.04. The highest BCUT2D eigenvalue weighted by molar-refractivity contribution is 5.73. The Hall–Kier alpha value is -0.830. The highest BCUT2D eigenvalue weighted by Crippen LogP contribution is 2.25. The van der Waals surface area contributed by atoms with Gasteiger partial charge in [-0.3, -0.25) is 9.69 Å². The van der Waals surface area contributed by atoms with E-state index in [-0.39, 0.29) is 6.04 Å². The van der Waals surface area contributed by atoms with Crippen LogP contribution in [0.15, 0.2) is 12.2 Å². The van der Waals surface area contributed by atoms with Gasteiger partial charge in [0, 0.05) is 6.04 Å². The molecule has 1 N–H and O–H groups in total. The van der Waals surface area contributed by atoms with Gasteiger partial charge in [0.1, 0.15) is 6.04 Å². The zero-order chi connectivity index (χ0) is 9.26. The summed E-state index contributed by atoms with van der Waals surface area (Å²) in [5, 5.41) is 8.98. The summed E-state index contributed by atoms with van der Waals surface area (Å²) in [6.45, 7) is 0.950. The van der Waals surface area contributed by atoms with Crippen molar-refractivity contribution in [2.75, 3.05) is 6.54 Å². The lowest BCUT2D eigenvalue weighted by molar-refractivity contribution is -0.142. The molecule has 0 aromatic rings. The number of nitrogens with zero attached hydrogens (tertiary/aromatic N) is 1. The average molecular weight is 181 g/mol. The summed E-state index contributed by atoms with van der Waals surface area (Å²) in [6.07, 6.45) is 8.36. The van der Waals surface area contributed by atoms with Crippen LogP contribution in [0.5, 0.6) is 0 Å². The third-order valence-electron chi connectivity index (χ3n) is 2.99. The summed E-state index contributed by atoms with van der Waals surface area (Å²) in [7, 11) is 0. The van der Waals surface area contributed by atoms with Gasteiger partial charge in [-0.05, 0) is 32.2 Å². The number of carboxylic acid groups (broad SMARTS) is 1. The number of carbonyl (C=O) groups is 1. The maximum Gasteiger partial charge on any atom is 0.320 e. The van der Waals surface area contributed by atoms with Gasteiger partial charge < -0.3 is 5.11 Å². The van der Waals surface area contributed by atoms with Crippen LogP contribution in [0, 0.1) is 0 Å². The highest BCUT2D eigenvalue weighted by atomic mass is 16.4. The van der Waals surface area contributed by atoms with Crippen molar-refractivity contribution in [3.8, 4) is 0 Å². The number of rotatable bonds is 2. The van der Waals surface area contributed by atoms with Crippen LogP contribution in [0.25, 0.3) is 0 Å². The molecule has 0 aromatic heterocycles. The van der Waals surface area contributed by atoms with Gasteiger partial charge in [-0.1, -0.05) is 12.2 Å². The van der Waals surface area contributed by atoms with Crippen molar-refractivity contribution in [2.24, 2.45) is 0 Å². The molecule has 0 unspecified atom stereocenters. The Morgan fingerprint density at radius 3 is 2.92 bits per heavy atom. The monoisotopic (exact) mass is 181 g/mol. The maximum absolute atomic E-state index is 10.9. The molecule has 1 heterocycles. The third-order valence-corrected chi connectivity index (χ3v) is 2.99. The molecular weight excluding hydrogens is 166 g/mol. The molecule has 0 radical (unpaired) electrons. The Morgan fingerprint density at radius 2 is 2.31 bits per heavy atom. The molecule has 1 saturated heterocycles. The van der Waals surface area contributed by atoms with Gasteiger partial charge >= 0.3 is 5.97 Å². The Kier molecular flexibility index (Phi) is 2.36. The minimum absolute atomic E-state index is 0.229. The quantitative estimate of drug-likeness (QED) is 0.652. The van der Waals surface area contributed by atoms with Gasteiger partial charge in [0.15, 0.2) is 0 Å². The van der Waals surface area contributed by atoms with Gasteiger partial charge in [0.25, 0.3) is 0 Å². The molecule has 1 aliphatic carbocycles. The van der Waals surface area contributed by atoms with Crippen molar-refractivity contribution < 1.29 is 9.90 Å². The summed E-state index contributed by atoms with van der Waals surface area (Å²) in [6, 6.07) is 0.163. The van der Waals surface area contributed by atoms with Crippen molar-refractivity contribution in [3.05, 3.63) is 12.2 Å². The molecule has 3 nitrogen and oxygen atoms in total. The van der Waals surface area contributed by atoms with Gasteiger partial charge in [-0.2, -0.15) is 0 Å². The second-order valence-corrected chi connectivity index (χ2v) is 3.81. The SMILES string of the molecule is O=C(O)[C@H]1CCCN1[C@H]1C=CCC1. The summed E-state index contributed by atoms with van der Waals surface area (Å²) in [5.41, 5.74) is 0. The molecule has 1 aliphatic heterocycles. The molecule has 0 spiro atoms. The number of hydrogen-bond donors (Lipinski definition) is 1. The number of aliphatic carboxylic acids is 1. The van der Waals surface area contributed by atoms with Crippen molar-refractivity contribution in [1.29, 1.82) is 0 Å². The molecule has 2 aliphatic rings. The van der Waals surface area contributed by atoms with E-state index in [0.29, 0.717) is 6.04 Å². The third kappa shape index (κ3) is 1.61. The van der Waals surface area contributed by atoms with E-state index in [1.54, 1.807) is 0 Å². The highest BCUT2D eigenvalue weighted by Gasteiger charge is 2.34. The van der Waals surface area contributed by atoms with Crippen LogP contribution < -0.4 is 0 Å². The number of hydrogen-bond acceptors (Lipinski definition) is 2. The second-order valence-electron chi connectivity index (χ2n) is 3.81. The minimum atomic E-state index is -0.655. The van der Waals surface area contributed by atoms with Crippen LogP contribution in [0.2, 0.25) is 0 Å². The van der Waals surface area contributed by atoms with Crippen LogP contribution >= 0.6 is 0 Å². The van der Waals surface area contributed by atoms with Crippen molar-refractivity contribution in [3.63, 3.8) is 0 Å². The number of likely N-dealkylation sites (tertiary alicyclic amines) is 1. The molecule has 1 fully saturated rings. The minimum Gasteiger partial charge on any atom is -0.480 e. The normalized spacial score (nSPS) is 34.2. The first-order valence-electron chi connectivity index (χ1n) is 4.94. The molecule has 0 aromatic carbocycles. The topological polar surface area (TPSA) is 40.5 Å². The summed E-state index contributed by atoms with van der Waals surface area (Å²) in [5.74, 6) is -0.655. The van der Waals surface area contributed by atoms with E-state index < -0.39 is 5.97 Å². The van der Waals surface area contributed by atoms with Crippen molar-refractivity contribution in [2.45, 2.75) is 37.8 Å². The Morgan fingerprint density at radius 1 is 1.46 bits per heavy atom. The predicted molar refractivity (Wildman–Crippen MR) is 49.5 cm³/mol. The van der Waals surface area contributed by atoms with E-state index in [1.165, 1.54) is 0 Å². The van der Waals surface area contributed by atoms with Gasteiger partial charge in [-0.15, -0.1) is 0 Å². The van der Waals surface area contributed by atoms with Crippen molar-refractivity contribution >= 4 is 5.97 Å². The first-order chi connectivity index (χ1) is 6.29. The fourth-order valence-corrected chi connectivity index (χ4v) is 2.34. The van der Waals surface area contributed by atoms with Crippen LogP contribution in [-0.4, -0.2) is 34.6 Å². The second kappa shape index (κ2) is 3.50. The first-order valence-corrected chi connectivity index (χ1v) is 4.94. The van der Waals surface area contributed by atoms with E-state index in [2.05, 4.69) is 17.1 Å². The lowest BCUT2D eigenvalue weighted by atomic mass is 10.2. The first kappa shape index (κ1) is 8.75. The molecule has 2 rings (SSSR count). The summed E-state index contributed by atoms with van der Waals surface area (Å²) >= 11 is 0. The lowest BCUT2D eigenvalue weighted by Gasteiger charge is -2.26. The number of allylic oxidation sites excluding steroid dienone is 1. The van der Waals surface area contributed by atoms with E-state index in [1.807, 2.05) is 0 Å². The fourth-order valence-electron chi connectivity index (χ4n) is 2.34. The zero-order valence-electron chi connectivity index (χ0n) is 7.65. The average Bonchev–Trinajstić information content (AvgIpc) is 2.74. The molecule has 72 valence electrons. The molecule has 13 heavy (non-hydrogen) atoms. The van der Waals surface area contributed by atoms with Gasteiger partial charge in [0.2, 0.25) is 0 Å². The van der Waals surface area contributed by atoms with Gasteiger partial charge in [0.05, 0.1) is 0 Å². The zero-order valence-corrected chi connectivity index (χ0v) is 7.65. The number of carboxylic acids is 1. The van der Waals surface area contributed by atoms with Crippen LogP contribution in [-0.2, 0) is 4.79 Å². The van der Waals surface area contributed by atoms with E-state index in [0.717, 1.165) is 32.2 Å². The lowest BCUT2D eigenvalue weighted by Crippen LogP contribution is -2.41. The van der Waals surface area contributed by atoms with E-state index in [4.69, 9.17) is 5.11 Å². The molecule has 0 saturated carbocycles. The van der Waals surface area contributed by atoms with Crippen molar-refractivity contribution in [1.82, 2.24) is 4.90 Å². The van der Waals surface area contributed by atoms with E-state index in [9.17, 15) is 4.79 Å². The van der Waals surface area contributed by atoms with E-state index >= 15 is 0 Å². The smallest absolute Gasteiger partial charge is 0.320 e. The standard InChI is InChI=1S/C10H15NO2/c12-10(13)9-6-3-7-11(9)8-4-1-2-5-8/h1,4,8-9H,2-3,5-7H2,(H,12,13)/t8-,9+/m0/s1. The van der Waals surface area contributed by atoms with Crippen LogP contribution in [0.3, 0.4) is 0 Å². The summed E-state index contributed by atoms with van der Waals surface area (Å²) in [4.78, 5) is 13.0. The summed E-state index contributed by atoms with van der Waals surface area (Å²) < 4.78 is 0. The molecule has 0 bridgehead atoms. The van der Waals surface area contributed by atoms with Crippen LogP contribution in [0.1, 0.15) is 25.7 Å². The Labute approximate surface area is 78.0 Å². The molecule has 2 atom stereocenters. The maximum atomic E-state index is 10.9. The fraction of sp³-hybridized carbons (Fsp3) is 0.700. The Bertz CT molecular complexity index is 237. The largest absolute Gasteiger partial charge is 0.480 e. The van der Waals surface area contributed by atoms with Crippen LogP contribution in [0.4, 0.5) is 0 Å².